The first-order valence-corrected chi connectivity index (χ1v) is 23.3. The fourth-order valence-corrected chi connectivity index (χ4v) is 9.97. The van der Waals surface area contributed by atoms with Gasteiger partial charge in [0, 0.05) is 44.9 Å². The summed E-state index contributed by atoms with van der Waals surface area (Å²) in [5, 5.41) is 0.819. The Morgan fingerprint density at radius 1 is 0.766 bits per heavy atom. The highest BCUT2D eigenvalue weighted by atomic mass is 35.5. The fourth-order valence-electron chi connectivity index (χ4n) is 9.69. The Hall–Kier alpha value is -6.15. The van der Waals surface area contributed by atoms with Crippen molar-refractivity contribution in [1.82, 2.24) is 0 Å². The highest BCUT2D eigenvalue weighted by molar-refractivity contribution is 6.34. The maximum Gasteiger partial charge on any atom is 0.0487 e. The molecule has 4 aromatic rings. The molecule has 0 fully saturated rings. The van der Waals surface area contributed by atoms with E-state index in [4.69, 9.17) is 18.2 Å². The lowest BCUT2D eigenvalue weighted by molar-refractivity contribution is 0.652. The van der Waals surface area contributed by atoms with Crippen LogP contribution in [-0.2, 0) is 10.8 Å². The summed E-state index contributed by atoms with van der Waals surface area (Å²) in [6, 6.07) is 27.3. The van der Waals surface area contributed by atoms with Gasteiger partial charge in [0.05, 0.1) is 0 Å². The molecule has 0 amide bonds. The van der Waals surface area contributed by atoms with Gasteiger partial charge < -0.3 is 4.90 Å². The van der Waals surface area contributed by atoms with Gasteiger partial charge in [0.2, 0.25) is 0 Å². The predicted octanol–water partition coefficient (Wildman–Crippen LogP) is 18.2. The van der Waals surface area contributed by atoms with Gasteiger partial charge in [-0.15, -0.1) is 0 Å². The summed E-state index contributed by atoms with van der Waals surface area (Å²) >= 11 is 6.95. The molecule has 1 unspecified atom stereocenters. The van der Waals surface area contributed by atoms with Crippen molar-refractivity contribution in [2.45, 2.75) is 85.0 Å². The average molecular weight is 859 g/mol. The van der Waals surface area contributed by atoms with E-state index in [1.165, 1.54) is 61.2 Å². The summed E-state index contributed by atoms with van der Waals surface area (Å²) in [6.45, 7) is 28.4. The molecule has 2 heteroatoms. The zero-order valence-electron chi connectivity index (χ0n) is 39.0. The number of hydrogen-bond donors (Lipinski definition) is 0. The van der Waals surface area contributed by atoms with Crippen LogP contribution in [0.2, 0.25) is 5.02 Å². The Balaban J connectivity index is 1.24. The van der Waals surface area contributed by atoms with E-state index in [2.05, 4.69) is 212 Å². The van der Waals surface area contributed by atoms with Crippen LogP contribution in [0, 0.1) is 5.92 Å². The van der Waals surface area contributed by atoms with Crippen molar-refractivity contribution in [3.8, 4) is 22.3 Å². The third-order valence-corrected chi connectivity index (χ3v) is 13.6. The molecule has 0 radical (unpaired) electrons. The Kier molecular flexibility index (Phi) is 14.1. The first kappa shape index (κ1) is 45.9. The average Bonchev–Trinajstić information content (AvgIpc) is 3.65. The lowest BCUT2D eigenvalue weighted by Gasteiger charge is -2.29. The van der Waals surface area contributed by atoms with Crippen LogP contribution >= 0.6 is 11.6 Å². The summed E-state index contributed by atoms with van der Waals surface area (Å²) in [4.78, 5) is 2.34. The van der Waals surface area contributed by atoms with Gasteiger partial charge in [-0.2, -0.15) is 0 Å². The molecule has 0 heterocycles. The quantitative estimate of drug-likeness (QED) is 0.0850. The van der Waals surface area contributed by atoms with Gasteiger partial charge in [-0.25, -0.2) is 0 Å². The molecule has 0 bridgehead atoms. The smallest absolute Gasteiger partial charge is 0.0487 e. The predicted molar refractivity (Wildman–Crippen MR) is 282 cm³/mol. The van der Waals surface area contributed by atoms with Crippen molar-refractivity contribution in [1.29, 1.82) is 0 Å². The van der Waals surface area contributed by atoms with Gasteiger partial charge in [0.25, 0.3) is 0 Å². The summed E-state index contributed by atoms with van der Waals surface area (Å²) in [7, 11) is 0. The second-order valence-corrected chi connectivity index (χ2v) is 18.5. The number of halogens is 1. The first-order valence-electron chi connectivity index (χ1n) is 22.9. The van der Waals surface area contributed by atoms with E-state index in [-0.39, 0.29) is 10.8 Å². The third kappa shape index (κ3) is 9.10. The fraction of sp³-hybridized carbons (Fsp3) is 0.226. The molecule has 0 aromatic heterocycles. The maximum absolute atomic E-state index is 6.95. The van der Waals surface area contributed by atoms with Gasteiger partial charge >= 0.3 is 0 Å². The third-order valence-electron chi connectivity index (χ3n) is 13.3. The Morgan fingerprint density at radius 3 is 2.17 bits per heavy atom. The van der Waals surface area contributed by atoms with Gasteiger partial charge in [0.15, 0.2) is 0 Å². The normalized spacial score (nSPS) is 18.0. The molecule has 3 aliphatic carbocycles. The Morgan fingerprint density at radius 2 is 1.45 bits per heavy atom. The Bertz CT molecular complexity index is 2740. The molecule has 1 atom stereocenters. The van der Waals surface area contributed by atoms with E-state index in [1.54, 1.807) is 0 Å². The van der Waals surface area contributed by atoms with Gasteiger partial charge in [-0.3, -0.25) is 0 Å². The van der Waals surface area contributed by atoms with Crippen molar-refractivity contribution in [3.05, 3.63) is 245 Å². The van der Waals surface area contributed by atoms with E-state index in [1.807, 2.05) is 24.3 Å². The topological polar surface area (TPSA) is 3.24 Å². The number of fused-ring (bicyclic) bond motifs is 6. The second kappa shape index (κ2) is 19.7. The zero-order chi connectivity index (χ0) is 45.6. The summed E-state index contributed by atoms with van der Waals surface area (Å²) in [5.74, 6) is 0.301. The van der Waals surface area contributed by atoms with Crippen LogP contribution < -0.4 is 4.90 Å². The van der Waals surface area contributed by atoms with Crippen LogP contribution in [0.1, 0.15) is 102 Å². The molecular formula is C62H64ClN. The number of hydrogen-bond acceptors (Lipinski definition) is 1. The molecular weight excluding hydrogens is 794 g/mol. The van der Waals surface area contributed by atoms with Crippen molar-refractivity contribution in [2.24, 2.45) is 5.92 Å². The largest absolute Gasteiger partial charge is 0.314 e. The second-order valence-electron chi connectivity index (χ2n) is 18.1. The SMILES string of the molecule is C=C\C=C/C(=C\C)C(/C=C\CC(=C)N(c1ccc(C2=CC/C=C/C(C/C(C=C)=C/C=C\CC)C=C2)cc1)c1ccc2c(c1)C(C)(C)c1cc3c(cc1-2)C(C)(C)c1cccc(Cl)c1-3)=C\C. The number of anilines is 2. The number of rotatable bonds is 15. The van der Waals surface area contributed by atoms with Crippen molar-refractivity contribution in [3.63, 3.8) is 0 Å². The molecule has 64 heavy (non-hydrogen) atoms. The molecule has 0 N–H and O–H groups in total. The van der Waals surface area contributed by atoms with Crippen molar-refractivity contribution in [2.75, 3.05) is 4.90 Å². The Labute approximate surface area is 389 Å². The van der Waals surface area contributed by atoms with Crippen LogP contribution in [0.25, 0.3) is 27.8 Å². The van der Waals surface area contributed by atoms with E-state index in [0.29, 0.717) is 12.3 Å². The van der Waals surface area contributed by atoms with Crippen LogP contribution in [0.4, 0.5) is 11.4 Å². The lowest BCUT2D eigenvalue weighted by atomic mass is 9.79. The van der Waals surface area contributed by atoms with E-state index in [9.17, 15) is 0 Å². The summed E-state index contributed by atoms with van der Waals surface area (Å²) in [5.41, 5.74) is 19.1. The minimum absolute atomic E-state index is 0.146. The lowest BCUT2D eigenvalue weighted by Crippen LogP contribution is -2.19. The summed E-state index contributed by atoms with van der Waals surface area (Å²) in [6.07, 6.45) is 38.1. The van der Waals surface area contributed by atoms with E-state index >= 15 is 0 Å². The van der Waals surface area contributed by atoms with Crippen LogP contribution in [0.15, 0.2) is 212 Å². The first-order chi connectivity index (χ1) is 30.9. The molecule has 3 aliphatic rings. The van der Waals surface area contributed by atoms with Crippen LogP contribution in [0.5, 0.6) is 0 Å². The van der Waals surface area contributed by atoms with E-state index < -0.39 is 0 Å². The molecule has 0 saturated carbocycles. The monoisotopic (exact) mass is 857 g/mol. The van der Waals surface area contributed by atoms with E-state index in [0.717, 1.165) is 52.5 Å². The molecule has 4 aromatic carbocycles. The summed E-state index contributed by atoms with van der Waals surface area (Å²) < 4.78 is 0. The number of benzene rings is 4. The van der Waals surface area contributed by atoms with Crippen LogP contribution in [-0.4, -0.2) is 0 Å². The van der Waals surface area contributed by atoms with Crippen molar-refractivity contribution < 1.29 is 0 Å². The van der Waals surface area contributed by atoms with Gasteiger partial charge in [-0.1, -0.05) is 194 Å². The molecule has 0 aliphatic heterocycles. The van der Waals surface area contributed by atoms with Crippen LogP contribution in [0.3, 0.4) is 0 Å². The maximum atomic E-state index is 6.95. The standard InChI is InChI=1S/C62H64ClN/c1-11-16-18-24-44(13-3)39-45-25-19-20-27-48(32-31-45)49-33-35-50(36-34-49)64(43(6)23-21-28-47(15-5)46(14-4)26-17-12-2)51-37-38-52-53-41-58-54(42-57(53)62(9,10)56(52)40-51)60-55(61(58,7)8)29-22-30-59(60)63/h12-19,21-22,24-38,40-42,45H,2-3,6,11,20,23,39H2,1,4-5,7-10H3/b18-16-,25-19+,26-17-,28-21-,32-31?,44-24+,46-14+,47-15-,48-27?. The molecule has 1 nitrogen and oxygen atoms in total. The van der Waals surface area contributed by atoms with Crippen molar-refractivity contribution >= 4 is 28.5 Å². The molecule has 0 saturated heterocycles. The number of allylic oxidation sites excluding steroid dienone is 20. The number of nitrogens with zero attached hydrogens (tertiary/aromatic N) is 1. The highest BCUT2D eigenvalue weighted by Gasteiger charge is 2.42. The highest BCUT2D eigenvalue weighted by Crippen LogP contribution is 2.57. The zero-order valence-corrected chi connectivity index (χ0v) is 39.8. The van der Waals surface area contributed by atoms with Gasteiger partial charge in [-0.05, 0) is 148 Å². The molecule has 0 spiro atoms. The minimum atomic E-state index is -0.235. The molecule has 324 valence electrons. The van der Waals surface area contributed by atoms with Gasteiger partial charge in [0.1, 0.15) is 0 Å². The molecule has 7 rings (SSSR count). The minimum Gasteiger partial charge on any atom is -0.314 e.